The number of nitrogens with zero attached hydrogens (tertiary/aromatic N) is 2. The van der Waals surface area contributed by atoms with Crippen LogP contribution in [-0.4, -0.2) is 9.97 Å². The fourth-order valence-corrected chi connectivity index (χ4v) is 0.663. The Balaban J connectivity index is 2.95. The lowest BCUT2D eigenvalue weighted by atomic mass is 10.4. The molecule has 0 bridgehead atoms. The van der Waals surface area contributed by atoms with Crippen LogP contribution in [0.1, 0.15) is 0 Å². The molecule has 0 unspecified atom stereocenters. The second-order valence-electron chi connectivity index (χ2n) is 1.63. The molecule has 0 saturated heterocycles. The molecular weight excluding hydrogens is 116 g/mol. The van der Waals surface area contributed by atoms with Crippen molar-refractivity contribution >= 4 is 11.1 Å². The van der Waals surface area contributed by atoms with Crippen molar-refractivity contribution in [2.24, 2.45) is 0 Å². The van der Waals surface area contributed by atoms with Gasteiger partial charge in [-0.15, -0.1) is 0 Å². The van der Waals surface area contributed by atoms with Crippen LogP contribution in [-0.2, 0) is 0 Å². The summed E-state index contributed by atoms with van der Waals surface area (Å²) >= 11 is 0. The van der Waals surface area contributed by atoms with E-state index in [1.165, 1.54) is 6.39 Å². The molecule has 0 amide bonds. The number of pyridine rings is 1. The minimum Gasteiger partial charge on any atom is -0.442 e. The first-order valence-electron chi connectivity index (χ1n) is 2.52. The Labute approximate surface area is 51.3 Å². The van der Waals surface area contributed by atoms with Crippen molar-refractivity contribution in [1.82, 2.24) is 9.97 Å². The number of aromatic nitrogens is 2. The summed E-state index contributed by atoms with van der Waals surface area (Å²) in [6, 6.07) is 1.68. The quantitative estimate of drug-likeness (QED) is 0.519. The van der Waals surface area contributed by atoms with Gasteiger partial charge in [0.15, 0.2) is 12.0 Å². The molecule has 0 aliphatic rings. The maximum absolute atomic E-state index is 4.92. The minimum atomic E-state index is 0.703. The third-order valence-electron chi connectivity index (χ3n) is 1.08. The summed E-state index contributed by atoms with van der Waals surface area (Å²) in [4.78, 5) is 7.61. The fourth-order valence-electron chi connectivity index (χ4n) is 0.663. The van der Waals surface area contributed by atoms with Crippen molar-refractivity contribution in [3.8, 4) is 0 Å². The van der Waals surface area contributed by atoms with Crippen LogP contribution in [0, 0.1) is 6.20 Å². The molecule has 0 atom stereocenters. The van der Waals surface area contributed by atoms with Crippen LogP contribution >= 0.6 is 0 Å². The number of fused-ring (bicyclic) bond motifs is 1. The average molecular weight is 119 g/mol. The Morgan fingerprint density at radius 1 is 1.56 bits per heavy atom. The van der Waals surface area contributed by atoms with E-state index in [0.29, 0.717) is 5.58 Å². The van der Waals surface area contributed by atoms with Gasteiger partial charge < -0.3 is 4.42 Å². The van der Waals surface area contributed by atoms with Crippen molar-refractivity contribution in [3.05, 3.63) is 24.9 Å². The van der Waals surface area contributed by atoms with Crippen LogP contribution in [0.5, 0.6) is 0 Å². The second kappa shape index (κ2) is 1.55. The first-order valence-corrected chi connectivity index (χ1v) is 2.52. The summed E-state index contributed by atoms with van der Waals surface area (Å²) in [6.07, 6.45) is 5.62. The SMILES string of the molecule is [c]1cc2ncoc2cn1. The van der Waals surface area contributed by atoms with Crippen molar-refractivity contribution in [3.63, 3.8) is 0 Å². The Morgan fingerprint density at radius 2 is 2.56 bits per heavy atom. The van der Waals surface area contributed by atoms with Crippen molar-refractivity contribution < 1.29 is 4.42 Å². The monoisotopic (exact) mass is 119 g/mol. The van der Waals surface area contributed by atoms with Gasteiger partial charge in [-0.1, -0.05) is 0 Å². The van der Waals surface area contributed by atoms with Gasteiger partial charge >= 0.3 is 0 Å². The van der Waals surface area contributed by atoms with E-state index < -0.39 is 0 Å². The summed E-state index contributed by atoms with van der Waals surface area (Å²) in [5, 5.41) is 0. The van der Waals surface area contributed by atoms with E-state index in [1.54, 1.807) is 12.3 Å². The zero-order valence-electron chi connectivity index (χ0n) is 4.53. The van der Waals surface area contributed by atoms with E-state index in [1.807, 2.05) is 0 Å². The summed E-state index contributed by atoms with van der Waals surface area (Å²) < 4.78 is 4.92. The lowest BCUT2D eigenvalue weighted by Crippen LogP contribution is -1.68. The van der Waals surface area contributed by atoms with E-state index in [0.717, 1.165) is 5.52 Å². The van der Waals surface area contributed by atoms with E-state index in [9.17, 15) is 0 Å². The topological polar surface area (TPSA) is 38.9 Å². The van der Waals surface area contributed by atoms with Gasteiger partial charge in [0, 0.05) is 0 Å². The fraction of sp³-hybridized carbons (Fsp3) is 0. The lowest BCUT2D eigenvalue weighted by molar-refractivity contribution is 0.601. The van der Waals surface area contributed by atoms with Gasteiger partial charge in [-0.3, -0.25) is 4.98 Å². The maximum atomic E-state index is 4.92. The predicted molar refractivity (Wildman–Crippen MR) is 30.6 cm³/mol. The molecule has 0 aliphatic heterocycles. The van der Waals surface area contributed by atoms with Crippen molar-refractivity contribution in [1.29, 1.82) is 0 Å². The van der Waals surface area contributed by atoms with Gasteiger partial charge in [0.25, 0.3) is 0 Å². The van der Waals surface area contributed by atoms with Gasteiger partial charge in [-0.05, 0) is 6.07 Å². The predicted octanol–water partition coefficient (Wildman–Crippen LogP) is 1.02. The molecule has 0 saturated carbocycles. The zero-order valence-corrected chi connectivity index (χ0v) is 4.53. The Bertz CT molecular complexity index is 285. The standard InChI is InChI=1S/C6H3N2O/c1-2-7-3-6-5(1)8-4-9-6/h1,3-4H. The van der Waals surface area contributed by atoms with Gasteiger partial charge in [-0.25, -0.2) is 4.98 Å². The third kappa shape index (κ3) is 0.579. The van der Waals surface area contributed by atoms with Crippen LogP contribution < -0.4 is 0 Å². The molecular formula is C6H3N2O. The Hall–Kier alpha value is -1.38. The van der Waals surface area contributed by atoms with E-state index in [4.69, 9.17) is 4.42 Å². The number of hydrogen-bond donors (Lipinski definition) is 0. The minimum absolute atomic E-state index is 0.703. The molecule has 0 aliphatic carbocycles. The molecule has 3 nitrogen and oxygen atoms in total. The summed E-state index contributed by atoms with van der Waals surface area (Å²) in [5.74, 6) is 0. The van der Waals surface area contributed by atoms with E-state index >= 15 is 0 Å². The molecule has 0 aromatic carbocycles. The number of rotatable bonds is 0. The number of oxazole rings is 1. The number of hydrogen-bond acceptors (Lipinski definition) is 3. The molecule has 9 heavy (non-hydrogen) atoms. The normalized spacial score (nSPS) is 10.2. The average Bonchev–Trinajstić information content (AvgIpc) is 2.33. The van der Waals surface area contributed by atoms with Gasteiger partial charge in [0.1, 0.15) is 5.52 Å². The highest BCUT2D eigenvalue weighted by atomic mass is 16.3. The molecule has 2 heterocycles. The summed E-state index contributed by atoms with van der Waals surface area (Å²) in [6.45, 7) is 0. The molecule has 1 radical (unpaired) electrons. The Morgan fingerprint density at radius 3 is 3.44 bits per heavy atom. The van der Waals surface area contributed by atoms with Crippen LogP contribution in [0.3, 0.4) is 0 Å². The second-order valence-corrected chi connectivity index (χ2v) is 1.63. The highest BCUT2D eigenvalue weighted by Crippen LogP contribution is 2.06. The molecule has 0 N–H and O–H groups in total. The van der Waals surface area contributed by atoms with Crippen LogP contribution in [0.15, 0.2) is 23.1 Å². The first kappa shape index (κ1) is 4.49. The Kier molecular flexibility index (Phi) is 0.773. The summed E-state index contributed by atoms with van der Waals surface area (Å²) in [5.41, 5.74) is 1.50. The molecule has 0 spiro atoms. The first-order chi connectivity index (χ1) is 4.47. The van der Waals surface area contributed by atoms with Crippen LogP contribution in [0.25, 0.3) is 11.1 Å². The highest BCUT2D eigenvalue weighted by molar-refractivity contribution is 5.69. The van der Waals surface area contributed by atoms with Crippen molar-refractivity contribution in [2.45, 2.75) is 0 Å². The maximum Gasteiger partial charge on any atom is 0.182 e. The largest absolute Gasteiger partial charge is 0.442 e. The summed E-state index contributed by atoms with van der Waals surface area (Å²) in [7, 11) is 0. The zero-order chi connectivity index (χ0) is 6.10. The third-order valence-corrected chi connectivity index (χ3v) is 1.08. The highest BCUT2D eigenvalue weighted by Gasteiger charge is 1.92. The van der Waals surface area contributed by atoms with E-state index in [2.05, 4.69) is 16.2 Å². The van der Waals surface area contributed by atoms with Crippen molar-refractivity contribution in [2.75, 3.05) is 0 Å². The molecule has 2 aromatic heterocycles. The molecule has 0 fully saturated rings. The van der Waals surface area contributed by atoms with Gasteiger partial charge in [-0.2, -0.15) is 0 Å². The van der Waals surface area contributed by atoms with Gasteiger partial charge in [0.2, 0.25) is 0 Å². The van der Waals surface area contributed by atoms with Gasteiger partial charge in [0.05, 0.1) is 12.4 Å². The smallest absolute Gasteiger partial charge is 0.182 e. The lowest BCUT2D eigenvalue weighted by Gasteiger charge is -1.78. The van der Waals surface area contributed by atoms with Crippen LogP contribution in [0.4, 0.5) is 0 Å². The molecule has 43 valence electrons. The molecule has 2 aromatic rings. The van der Waals surface area contributed by atoms with E-state index in [-0.39, 0.29) is 0 Å². The van der Waals surface area contributed by atoms with Crippen LogP contribution in [0.2, 0.25) is 0 Å². The molecule has 3 heteroatoms. The molecule has 2 rings (SSSR count).